The first-order valence-electron chi connectivity index (χ1n) is 8.84. The molecule has 0 saturated carbocycles. The summed E-state index contributed by atoms with van der Waals surface area (Å²) in [6, 6.07) is 9.08. The Morgan fingerprint density at radius 2 is 1.92 bits per heavy atom. The lowest BCUT2D eigenvalue weighted by atomic mass is 9.88. The fourth-order valence-corrected chi connectivity index (χ4v) is 3.77. The van der Waals surface area contributed by atoms with E-state index < -0.39 is 0 Å². The maximum absolute atomic E-state index is 14.7. The highest BCUT2D eigenvalue weighted by Crippen LogP contribution is 2.39. The summed E-state index contributed by atoms with van der Waals surface area (Å²) >= 11 is 6.14. The summed E-state index contributed by atoms with van der Waals surface area (Å²) in [5.41, 5.74) is 5.19. The molecule has 1 heterocycles. The van der Waals surface area contributed by atoms with E-state index in [1.54, 1.807) is 18.3 Å². The topological polar surface area (TPSA) is 15.6 Å². The fourth-order valence-electron chi connectivity index (χ4n) is 3.60. The van der Waals surface area contributed by atoms with Crippen LogP contribution in [0.25, 0.3) is 5.57 Å². The van der Waals surface area contributed by atoms with Crippen LogP contribution in [0.15, 0.2) is 41.4 Å². The molecule has 0 aliphatic carbocycles. The Morgan fingerprint density at radius 1 is 1.19 bits per heavy atom. The second kappa shape index (κ2) is 6.88. The SMILES string of the molecule is CCN1c2cc(F)c(C=Nc3ccc(C)c(Cl)c3)cc2C(C)=CC1(C)C. The minimum atomic E-state index is -0.269. The van der Waals surface area contributed by atoms with E-state index in [-0.39, 0.29) is 11.4 Å². The van der Waals surface area contributed by atoms with E-state index in [2.05, 4.69) is 43.7 Å². The van der Waals surface area contributed by atoms with Crippen LogP contribution in [0.3, 0.4) is 0 Å². The van der Waals surface area contributed by atoms with Crippen molar-refractivity contribution in [1.29, 1.82) is 0 Å². The van der Waals surface area contributed by atoms with Crippen molar-refractivity contribution >= 4 is 34.8 Å². The van der Waals surface area contributed by atoms with Crippen molar-refractivity contribution < 1.29 is 4.39 Å². The van der Waals surface area contributed by atoms with Gasteiger partial charge in [-0.25, -0.2) is 4.39 Å². The van der Waals surface area contributed by atoms with Gasteiger partial charge in [0.05, 0.1) is 11.2 Å². The van der Waals surface area contributed by atoms with Gasteiger partial charge in [-0.15, -0.1) is 0 Å². The molecule has 0 amide bonds. The molecule has 0 atom stereocenters. The second-order valence-electron chi connectivity index (χ2n) is 7.31. The van der Waals surface area contributed by atoms with Gasteiger partial charge >= 0.3 is 0 Å². The molecule has 0 bridgehead atoms. The molecule has 136 valence electrons. The number of anilines is 1. The lowest BCUT2D eigenvalue weighted by molar-refractivity contribution is 0.561. The highest BCUT2D eigenvalue weighted by atomic mass is 35.5. The average Bonchev–Trinajstić information content (AvgIpc) is 2.56. The first-order valence-corrected chi connectivity index (χ1v) is 9.22. The van der Waals surface area contributed by atoms with Gasteiger partial charge in [-0.2, -0.15) is 0 Å². The molecule has 0 radical (unpaired) electrons. The van der Waals surface area contributed by atoms with E-state index in [0.717, 1.165) is 28.9 Å². The third-order valence-electron chi connectivity index (χ3n) is 4.92. The smallest absolute Gasteiger partial charge is 0.134 e. The van der Waals surface area contributed by atoms with Crippen LogP contribution < -0.4 is 4.90 Å². The zero-order valence-corrected chi connectivity index (χ0v) is 16.7. The van der Waals surface area contributed by atoms with Crippen molar-refractivity contribution in [3.05, 3.63) is 63.9 Å². The number of aliphatic imine (C=N–C) groups is 1. The number of fused-ring (bicyclic) bond motifs is 1. The minimum Gasteiger partial charge on any atom is -0.363 e. The van der Waals surface area contributed by atoms with Crippen molar-refractivity contribution in [3.8, 4) is 0 Å². The van der Waals surface area contributed by atoms with Gasteiger partial charge in [0.1, 0.15) is 5.82 Å². The molecule has 2 aromatic rings. The summed E-state index contributed by atoms with van der Waals surface area (Å²) in [4.78, 5) is 6.62. The third kappa shape index (κ3) is 3.41. The van der Waals surface area contributed by atoms with Gasteiger partial charge in [-0.3, -0.25) is 4.99 Å². The van der Waals surface area contributed by atoms with Crippen LogP contribution in [0.4, 0.5) is 15.8 Å². The maximum Gasteiger partial charge on any atom is 0.134 e. The Morgan fingerprint density at radius 3 is 2.58 bits per heavy atom. The number of aryl methyl sites for hydroxylation is 1. The number of hydrogen-bond acceptors (Lipinski definition) is 2. The lowest BCUT2D eigenvalue weighted by Gasteiger charge is -2.42. The van der Waals surface area contributed by atoms with Crippen molar-refractivity contribution in [2.45, 2.75) is 40.2 Å². The molecule has 4 heteroatoms. The van der Waals surface area contributed by atoms with Gasteiger partial charge in [0.25, 0.3) is 0 Å². The van der Waals surface area contributed by atoms with Gasteiger partial charge in [0.2, 0.25) is 0 Å². The fraction of sp³-hybridized carbons (Fsp3) is 0.318. The van der Waals surface area contributed by atoms with E-state index in [4.69, 9.17) is 11.6 Å². The van der Waals surface area contributed by atoms with E-state index in [0.29, 0.717) is 16.3 Å². The molecule has 2 nitrogen and oxygen atoms in total. The molecule has 2 aromatic carbocycles. The Balaban J connectivity index is 2.02. The van der Waals surface area contributed by atoms with Gasteiger partial charge in [0, 0.05) is 34.6 Å². The number of likely N-dealkylation sites (N-methyl/N-ethyl adjacent to an activating group) is 1. The summed E-state index contributed by atoms with van der Waals surface area (Å²) in [6.07, 6.45) is 3.80. The largest absolute Gasteiger partial charge is 0.363 e. The molecular formula is C22H24ClFN2. The Kier molecular flexibility index (Phi) is 4.94. The van der Waals surface area contributed by atoms with E-state index in [1.165, 1.54) is 0 Å². The molecule has 1 aliphatic rings. The molecule has 0 N–H and O–H groups in total. The summed E-state index contributed by atoms with van der Waals surface area (Å²) in [5, 5.41) is 0.658. The number of nitrogens with zero attached hydrogens (tertiary/aromatic N) is 2. The standard InChI is InChI=1S/C22H24ClFN2/c1-6-26-21-11-20(24)16(9-18(21)15(3)12-22(26,4)5)13-25-17-8-7-14(2)19(23)10-17/h7-13H,6H2,1-5H3. The van der Waals surface area contributed by atoms with E-state index in [1.807, 2.05) is 25.1 Å². The van der Waals surface area contributed by atoms with Crippen molar-refractivity contribution in [3.63, 3.8) is 0 Å². The first-order chi connectivity index (χ1) is 12.2. The first kappa shape index (κ1) is 18.7. The van der Waals surface area contributed by atoms with Gasteiger partial charge in [-0.1, -0.05) is 23.7 Å². The predicted octanol–water partition coefficient (Wildman–Crippen LogP) is 6.56. The molecule has 3 rings (SSSR count). The van der Waals surface area contributed by atoms with Crippen LogP contribution in [0.1, 0.15) is 44.4 Å². The molecule has 0 fully saturated rings. The molecule has 0 aromatic heterocycles. The molecular weight excluding hydrogens is 347 g/mol. The predicted molar refractivity (Wildman–Crippen MR) is 111 cm³/mol. The van der Waals surface area contributed by atoms with Crippen molar-refractivity contribution in [1.82, 2.24) is 0 Å². The number of hydrogen-bond donors (Lipinski definition) is 0. The third-order valence-corrected chi connectivity index (χ3v) is 5.33. The van der Waals surface area contributed by atoms with Crippen LogP contribution >= 0.6 is 11.6 Å². The number of benzene rings is 2. The van der Waals surface area contributed by atoms with Crippen molar-refractivity contribution in [2.24, 2.45) is 4.99 Å². The Bertz CT molecular complexity index is 913. The Hall–Kier alpha value is -2.13. The summed E-state index contributed by atoms with van der Waals surface area (Å²) in [6.45, 7) is 11.2. The highest BCUT2D eigenvalue weighted by Gasteiger charge is 2.30. The van der Waals surface area contributed by atoms with Crippen LogP contribution in [-0.4, -0.2) is 18.3 Å². The summed E-state index contributed by atoms with van der Waals surface area (Å²) < 4.78 is 14.7. The van der Waals surface area contributed by atoms with Crippen LogP contribution in [0.5, 0.6) is 0 Å². The lowest BCUT2D eigenvalue weighted by Crippen LogP contribution is -2.45. The highest BCUT2D eigenvalue weighted by molar-refractivity contribution is 6.31. The Labute approximate surface area is 160 Å². The second-order valence-corrected chi connectivity index (χ2v) is 7.72. The van der Waals surface area contributed by atoms with E-state index >= 15 is 0 Å². The molecule has 0 unspecified atom stereocenters. The average molecular weight is 371 g/mol. The van der Waals surface area contributed by atoms with Gasteiger partial charge in [-0.05, 0) is 70.0 Å². The normalized spacial score (nSPS) is 16.0. The molecule has 0 spiro atoms. The minimum absolute atomic E-state index is 0.132. The molecule has 1 aliphatic heterocycles. The monoisotopic (exact) mass is 370 g/mol. The molecule has 26 heavy (non-hydrogen) atoms. The summed E-state index contributed by atoms with van der Waals surface area (Å²) in [7, 11) is 0. The summed E-state index contributed by atoms with van der Waals surface area (Å²) in [5.74, 6) is -0.269. The molecule has 0 saturated heterocycles. The number of allylic oxidation sites excluding steroid dienone is 1. The van der Waals surface area contributed by atoms with Crippen LogP contribution in [-0.2, 0) is 0 Å². The van der Waals surface area contributed by atoms with Crippen LogP contribution in [0, 0.1) is 12.7 Å². The quantitative estimate of drug-likeness (QED) is 0.558. The van der Waals surface area contributed by atoms with E-state index in [9.17, 15) is 4.39 Å². The zero-order chi connectivity index (χ0) is 19.1. The van der Waals surface area contributed by atoms with Gasteiger partial charge in [0.15, 0.2) is 0 Å². The number of halogens is 2. The number of rotatable bonds is 3. The van der Waals surface area contributed by atoms with Crippen LogP contribution in [0.2, 0.25) is 5.02 Å². The van der Waals surface area contributed by atoms with Gasteiger partial charge < -0.3 is 4.90 Å². The maximum atomic E-state index is 14.7. The van der Waals surface area contributed by atoms with Crippen molar-refractivity contribution in [2.75, 3.05) is 11.4 Å². The zero-order valence-electron chi connectivity index (χ0n) is 15.9.